The second kappa shape index (κ2) is 6.27. The standard InChI is InChI=1S/C19H16ClFN4O3/c1-19(2,3)28-18(27)25-9-11-15(17(25)26)12(20)7-23-16(11)13-8-22-14-6-10(21)4-5-24(13)14/h4-8H,9H2,1-3H3. The monoisotopic (exact) mass is 402 g/mol. The van der Waals surface area contributed by atoms with Gasteiger partial charge in [-0.15, -0.1) is 0 Å². The average molecular weight is 403 g/mol. The number of halogens is 2. The number of carbonyl (C=O) groups is 2. The predicted octanol–water partition coefficient (Wildman–Crippen LogP) is 4.08. The highest BCUT2D eigenvalue weighted by atomic mass is 35.5. The summed E-state index contributed by atoms with van der Waals surface area (Å²) in [4.78, 5) is 34.8. The fourth-order valence-corrected chi connectivity index (χ4v) is 3.34. The minimum Gasteiger partial charge on any atom is -0.443 e. The van der Waals surface area contributed by atoms with Crippen LogP contribution in [-0.4, -0.2) is 36.9 Å². The number of hydrogen-bond acceptors (Lipinski definition) is 5. The molecule has 0 saturated carbocycles. The van der Waals surface area contributed by atoms with Crippen molar-refractivity contribution >= 4 is 29.2 Å². The van der Waals surface area contributed by atoms with Crippen LogP contribution in [0.4, 0.5) is 9.18 Å². The minimum absolute atomic E-state index is 0.0274. The van der Waals surface area contributed by atoms with Crippen molar-refractivity contribution in [1.82, 2.24) is 19.3 Å². The number of imidazole rings is 1. The summed E-state index contributed by atoms with van der Waals surface area (Å²) in [5.74, 6) is -0.956. The van der Waals surface area contributed by atoms with Gasteiger partial charge >= 0.3 is 6.09 Å². The number of rotatable bonds is 1. The second-order valence-electron chi connectivity index (χ2n) is 7.40. The predicted molar refractivity (Wildman–Crippen MR) is 99.5 cm³/mol. The van der Waals surface area contributed by atoms with E-state index in [-0.39, 0.29) is 17.1 Å². The van der Waals surface area contributed by atoms with Crippen molar-refractivity contribution in [2.24, 2.45) is 0 Å². The summed E-state index contributed by atoms with van der Waals surface area (Å²) >= 11 is 6.21. The van der Waals surface area contributed by atoms with Crippen molar-refractivity contribution in [3.05, 3.63) is 52.7 Å². The molecule has 7 nitrogen and oxygen atoms in total. The molecule has 9 heteroatoms. The molecular weight excluding hydrogens is 387 g/mol. The van der Waals surface area contributed by atoms with Gasteiger partial charge in [-0.3, -0.25) is 14.2 Å². The van der Waals surface area contributed by atoms with E-state index < -0.39 is 23.4 Å². The summed E-state index contributed by atoms with van der Waals surface area (Å²) in [6, 6.07) is 2.59. The quantitative estimate of drug-likeness (QED) is 0.613. The van der Waals surface area contributed by atoms with Crippen molar-refractivity contribution in [3.8, 4) is 11.4 Å². The lowest BCUT2D eigenvalue weighted by Gasteiger charge is -2.23. The maximum atomic E-state index is 13.5. The Hall–Kier alpha value is -3.00. The van der Waals surface area contributed by atoms with Crippen molar-refractivity contribution in [2.45, 2.75) is 32.9 Å². The minimum atomic E-state index is -0.754. The van der Waals surface area contributed by atoms with E-state index in [2.05, 4.69) is 9.97 Å². The number of imide groups is 1. The zero-order chi connectivity index (χ0) is 20.2. The van der Waals surface area contributed by atoms with Crippen molar-refractivity contribution in [1.29, 1.82) is 0 Å². The van der Waals surface area contributed by atoms with E-state index in [0.29, 0.717) is 22.6 Å². The molecule has 4 heterocycles. The highest BCUT2D eigenvalue weighted by Crippen LogP contribution is 2.36. The maximum absolute atomic E-state index is 13.5. The summed E-state index contributed by atoms with van der Waals surface area (Å²) < 4.78 is 20.4. The summed E-state index contributed by atoms with van der Waals surface area (Å²) in [6.07, 6.45) is 3.66. The molecule has 0 atom stereocenters. The molecule has 1 aliphatic rings. The molecule has 0 radical (unpaired) electrons. The zero-order valence-electron chi connectivity index (χ0n) is 15.4. The lowest BCUT2D eigenvalue weighted by molar-refractivity contribution is 0.0248. The van der Waals surface area contributed by atoms with Crippen LogP contribution in [0.2, 0.25) is 5.02 Å². The molecule has 0 aromatic carbocycles. The molecule has 0 unspecified atom stereocenters. The van der Waals surface area contributed by atoms with Crippen molar-refractivity contribution < 1.29 is 18.7 Å². The molecule has 144 valence electrons. The lowest BCUT2D eigenvalue weighted by atomic mass is 10.1. The van der Waals surface area contributed by atoms with Crippen LogP contribution in [-0.2, 0) is 11.3 Å². The number of fused-ring (bicyclic) bond motifs is 2. The molecule has 4 rings (SSSR count). The van der Waals surface area contributed by atoms with E-state index in [9.17, 15) is 14.0 Å². The smallest absolute Gasteiger partial charge is 0.417 e. The summed E-state index contributed by atoms with van der Waals surface area (Å²) in [5.41, 5.74) is 1.35. The topological polar surface area (TPSA) is 76.8 Å². The van der Waals surface area contributed by atoms with Gasteiger partial charge in [-0.1, -0.05) is 11.6 Å². The van der Waals surface area contributed by atoms with E-state index in [1.54, 1.807) is 25.2 Å². The van der Waals surface area contributed by atoms with Crippen LogP contribution in [0.15, 0.2) is 30.7 Å². The van der Waals surface area contributed by atoms with E-state index >= 15 is 0 Å². The van der Waals surface area contributed by atoms with Gasteiger partial charge in [0.2, 0.25) is 0 Å². The number of ether oxygens (including phenoxy) is 1. The molecule has 2 amide bonds. The maximum Gasteiger partial charge on any atom is 0.417 e. The first-order chi connectivity index (χ1) is 13.2. The zero-order valence-corrected chi connectivity index (χ0v) is 16.1. The van der Waals surface area contributed by atoms with Gasteiger partial charge in [0.25, 0.3) is 5.91 Å². The Morgan fingerprint density at radius 1 is 1.29 bits per heavy atom. The van der Waals surface area contributed by atoms with Crippen LogP contribution in [0, 0.1) is 5.82 Å². The van der Waals surface area contributed by atoms with Gasteiger partial charge in [0, 0.05) is 24.0 Å². The second-order valence-corrected chi connectivity index (χ2v) is 7.80. The van der Waals surface area contributed by atoms with Crippen LogP contribution >= 0.6 is 11.6 Å². The highest BCUT2D eigenvalue weighted by molar-refractivity contribution is 6.34. The van der Waals surface area contributed by atoms with Crippen LogP contribution in [0.5, 0.6) is 0 Å². The number of pyridine rings is 2. The molecule has 0 spiro atoms. The fraction of sp³-hybridized carbons (Fsp3) is 0.263. The molecule has 0 N–H and O–H groups in total. The van der Waals surface area contributed by atoms with E-state index in [0.717, 1.165) is 4.90 Å². The third-order valence-electron chi connectivity index (χ3n) is 4.24. The number of aromatic nitrogens is 3. The Balaban J connectivity index is 1.81. The van der Waals surface area contributed by atoms with E-state index in [4.69, 9.17) is 16.3 Å². The van der Waals surface area contributed by atoms with Crippen LogP contribution in [0.1, 0.15) is 36.7 Å². The number of nitrogens with zero attached hydrogens (tertiary/aromatic N) is 4. The third kappa shape index (κ3) is 2.99. The van der Waals surface area contributed by atoms with Gasteiger partial charge < -0.3 is 4.74 Å². The summed E-state index contributed by atoms with van der Waals surface area (Å²) in [6.45, 7) is 5.13. The molecule has 28 heavy (non-hydrogen) atoms. The van der Waals surface area contributed by atoms with E-state index in [1.807, 2.05) is 0 Å². The van der Waals surface area contributed by atoms with Gasteiger partial charge in [0.1, 0.15) is 17.1 Å². The Bertz CT molecular complexity index is 1140. The highest BCUT2D eigenvalue weighted by Gasteiger charge is 2.39. The van der Waals surface area contributed by atoms with Gasteiger partial charge in [-0.25, -0.2) is 19.1 Å². The Morgan fingerprint density at radius 3 is 2.75 bits per heavy atom. The van der Waals surface area contributed by atoms with Gasteiger partial charge in [0.05, 0.1) is 34.7 Å². The fourth-order valence-electron chi connectivity index (χ4n) is 3.09. The number of amides is 2. The Labute approximate surface area is 164 Å². The van der Waals surface area contributed by atoms with E-state index in [1.165, 1.54) is 30.7 Å². The Kier molecular flexibility index (Phi) is 4.11. The van der Waals surface area contributed by atoms with Crippen LogP contribution in [0.25, 0.3) is 17.0 Å². The van der Waals surface area contributed by atoms with Crippen LogP contribution < -0.4 is 0 Å². The average Bonchev–Trinajstić information content (AvgIpc) is 3.15. The first kappa shape index (κ1) is 18.4. The molecule has 0 saturated heterocycles. The third-order valence-corrected chi connectivity index (χ3v) is 4.53. The summed E-state index contributed by atoms with van der Waals surface area (Å²) in [5, 5.41) is 0.148. The molecule has 0 aliphatic carbocycles. The van der Waals surface area contributed by atoms with Gasteiger partial charge in [-0.05, 0) is 26.8 Å². The number of carbonyl (C=O) groups excluding carboxylic acids is 2. The van der Waals surface area contributed by atoms with Crippen molar-refractivity contribution in [2.75, 3.05) is 0 Å². The number of hydrogen-bond donors (Lipinski definition) is 0. The van der Waals surface area contributed by atoms with Crippen molar-refractivity contribution in [3.63, 3.8) is 0 Å². The first-order valence-corrected chi connectivity index (χ1v) is 8.89. The molecule has 3 aromatic heterocycles. The molecule has 3 aromatic rings. The van der Waals surface area contributed by atoms with Crippen LogP contribution in [0.3, 0.4) is 0 Å². The summed E-state index contributed by atoms with van der Waals surface area (Å²) in [7, 11) is 0. The molecule has 0 bridgehead atoms. The molecule has 0 fully saturated rings. The SMILES string of the molecule is CC(C)(C)OC(=O)N1Cc2c(-c3cnc4cc(F)ccn34)ncc(Cl)c2C1=O. The van der Waals surface area contributed by atoms with Gasteiger partial charge in [0.15, 0.2) is 0 Å². The Morgan fingerprint density at radius 2 is 2.04 bits per heavy atom. The largest absolute Gasteiger partial charge is 0.443 e. The first-order valence-electron chi connectivity index (χ1n) is 8.51. The molecular formula is C19H16ClFN4O3. The van der Waals surface area contributed by atoms with Gasteiger partial charge in [-0.2, -0.15) is 0 Å². The normalized spacial score (nSPS) is 13.9. The molecule has 1 aliphatic heterocycles. The lowest BCUT2D eigenvalue weighted by Crippen LogP contribution is -2.36.